The van der Waals surface area contributed by atoms with E-state index in [1.807, 2.05) is 0 Å². The van der Waals surface area contributed by atoms with Gasteiger partial charge < -0.3 is 0 Å². The van der Waals surface area contributed by atoms with Crippen molar-refractivity contribution in [1.82, 2.24) is 0 Å². The Balaban J connectivity index is 2.93. The molecule has 0 bridgehead atoms. The average Bonchev–Trinajstić information content (AvgIpc) is 2.17. The molecule has 0 nitrogen and oxygen atoms in total. The molecule has 0 spiro atoms. The van der Waals surface area contributed by atoms with Gasteiger partial charge in [0.05, 0.1) is 0 Å². The van der Waals surface area contributed by atoms with Gasteiger partial charge in [0.1, 0.15) is 0 Å². The van der Waals surface area contributed by atoms with Gasteiger partial charge in [-0.15, -0.1) is 0 Å². The summed E-state index contributed by atoms with van der Waals surface area (Å²) < 4.78 is 0. The zero-order chi connectivity index (χ0) is 8.65. The van der Waals surface area contributed by atoms with Crippen molar-refractivity contribution in [2.75, 3.05) is 0 Å². The van der Waals surface area contributed by atoms with Crippen LogP contribution in [0.3, 0.4) is 0 Å². The topological polar surface area (TPSA) is 0 Å². The van der Waals surface area contributed by atoms with Crippen LogP contribution in [0.5, 0.6) is 0 Å². The summed E-state index contributed by atoms with van der Waals surface area (Å²) in [5.74, 6) is 0.819. The summed E-state index contributed by atoms with van der Waals surface area (Å²) in [7, 11) is 0. The fourth-order valence-electron chi connectivity index (χ4n) is 2.24. The minimum atomic E-state index is 0.517. The number of hydrogen-bond donors (Lipinski definition) is 0. The van der Waals surface area contributed by atoms with Gasteiger partial charge in [-0.2, -0.15) is 0 Å². The van der Waals surface area contributed by atoms with Crippen molar-refractivity contribution in [2.24, 2.45) is 11.3 Å². The molecule has 1 aliphatic rings. The fraction of sp³-hybridized carbons (Fsp3) is 0.818. The number of allylic oxidation sites excluding steroid dienone is 2. The largest absolute Gasteiger partial charge is 0.0710 e. The maximum absolute atomic E-state index is 2.40. The molecule has 0 amide bonds. The van der Waals surface area contributed by atoms with Crippen LogP contribution in [0.4, 0.5) is 0 Å². The standard InChI is InChI=1S/C11H20/c1-6-11(5)7-8(2)9(3)10(11)4/h8H,6-7H2,1-5H3. The van der Waals surface area contributed by atoms with Gasteiger partial charge in [-0.05, 0) is 38.0 Å². The van der Waals surface area contributed by atoms with Crippen molar-refractivity contribution in [3.63, 3.8) is 0 Å². The van der Waals surface area contributed by atoms with Crippen molar-refractivity contribution < 1.29 is 0 Å². The lowest BCUT2D eigenvalue weighted by atomic mass is 9.80. The van der Waals surface area contributed by atoms with E-state index in [0.29, 0.717) is 5.41 Å². The van der Waals surface area contributed by atoms with Crippen molar-refractivity contribution in [3.8, 4) is 0 Å². The Morgan fingerprint density at radius 3 is 2.18 bits per heavy atom. The van der Waals surface area contributed by atoms with Gasteiger partial charge in [0.15, 0.2) is 0 Å². The van der Waals surface area contributed by atoms with E-state index in [-0.39, 0.29) is 0 Å². The van der Waals surface area contributed by atoms with E-state index < -0.39 is 0 Å². The van der Waals surface area contributed by atoms with Gasteiger partial charge in [0.25, 0.3) is 0 Å². The minimum Gasteiger partial charge on any atom is -0.0710 e. The Morgan fingerprint density at radius 1 is 1.45 bits per heavy atom. The van der Waals surface area contributed by atoms with Crippen molar-refractivity contribution in [3.05, 3.63) is 11.1 Å². The van der Waals surface area contributed by atoms with E-state index >= 15 is 0 Å². The van der Waals surface area contributed by atoms with Crippen LogP contribution >= 0.6 is 0 Å². The molecule has 0 fully saturated rings. The molecule has 0 saturated heterocycles. The molecule has 0 aliphatic heterocycles. The van der Waals surface area contributed by atoms with Gasteiger partial charge in [-0.25, -0.2) is 0 Å². The van der Waals surface area contributed by atoms with E-state index in [2.05, 4.69) is 34.6 Å². The molecule has 1 rings (SSSR count). The first-order chi connectivity index (χ1) is 5.01. The van der Waals surface area contributed by atoms with Crippen molar-refractivity contribution >= 4 is 0 Å². The van der Waals surface area contributed by atoms with E-state index in [9.17, 15) is 0 Å². The Labute approximate surface area is 70.7 Å². The first-order valence-electron chi connectivity index (χ1n) is 4.69. The molecule has 0 radical (unpaired) electrons. The molecule has 0 heterocycles. The van der Waals surface area contributed by atoms with Crippen LogP contribution in [0.25, 0.3) is 0 Å². The molecule has 2 atom stereocenters. The normalized spacial score (nSPS) is 38.5. The highest BCUT2D eigenvalue weighted by molar-refractivity contribution is 5.26. The van der Waals surface area contributed by atoms with Crippen LogP contribution in [0.15, 0.2) is 11.1 Å². The zero-order valence-corrected chi connectivity index (χ0v) is 8.49. The first kappa shape index (κ1) is 8.83. The fourth-order valence-corrected chi connectivity index (χ4v) is 2.24. The van der Waals surface area contributed by atoms with E-state index in [0.717, 1.165) is 5.92 Å². The third-order valence-corrected chi connectivity index (χ3v) is 3.77. The lowest BCUT2D eigenvalue weighted by Gasteiger charge is -2.24. The quantitative estimate of drug-likeness (QED) is 0.502. The Morgan fingerprint density at radius 2 is 2.00 bits per heavy atom. The highest BCUT2D eigenvalue weighted by Gasteiger charge is 2.34. The second-order valence-corrected chi connectivity index (χ2v) is 4.33. The molecule has 0 saturated carbocycles. The third kappa shape index (κ3) is 1.23. The molecular formula is C11H20. The van der Waals surface area contributed by atoms with Crippen molar-refractivity contribution in [1.29, 1.82) is 0 Å². The van der Waals surface area contributed by atoms with Crippen LogP contribution in [-0.2, 0) is 0 Å². The summed E-state index contributed by atoms with van der Waals surface area (Å²) >= 11 is 0. The average molecular weight is 152 g/mol. The molecule has 11 heavy (non-hydrogen) atoms. The smallest absolute Gasteiger partial charge is 0.0113 e. The summed E-state index contributed by atoms with van der Waals surface area (Å²) in [6.45, 7) is 11.6. The predicted molar refractivity (Wildman–Crippen MR) is 50.6 cm³/mol. The van der Waals surface area contributed by atoms with Crippen LogP contribution in [0.2, 0.25) is 0 Å². The molecule has 0 N–H and O–H groups in total. The highest BCUT2D eigenvalue weighted by atomic mass is 14.4. The van der Waals surface area contributed by atoms with Crippen LogP contribution in [0.1, 0.15) is 47.5 Å². The molecule has 1 aliphatic carbocycles. The van der Waals surface area contributed by atoms with E-state index in [1.165, 1.54) is 12.8 Å². The highest BCUT2D eigenvalue weighted by Crippen LogP contribution is 2.47. The summed E-state index contributed by atoms with van der Waals surface area (Å²) in [5.41, 5.74) is 3.80. The molecule has 0 aromatic rings. The molecule has 0 heteroatoms. The zero-order valence-electron chi connectivity index (χ0n) is 8.49. The van der Waals surface area contributed by atoms with E-state index in [1.54, 1.807) is 11.1 Å². The van der Waals surface area contributed by atoms with Gasteiger partial charge in [0.2, 0.25) is 0 Å². The molecule has 0 aromatic carbocycles. The van der Waals surface area contributed by atoms with Crippen LogP contribution in [-0.4, -0.2) is 0 Å². The van der Waals surface area contributed by atoms with Crippen molar-refractivity contribution in [2.45, 2.75) is 47.5 Å². The molecule has 0 aromatic heterocycles. The maximum Gasteiger partial charge on any atom is -0.0113 e. The van der Waals surface area contributed by atoms with Gasteiger partial charge >= 0.3 is 0 Å². The van der Waals surface area contributed by atoms with Crippen LogP contribution < -0.4 is 0 Å². The molecule has 64 valence electrons. The maximum atomic E-state index is 2.40. The molecular weight excluding hydrogens is 132 g/mol. The lowest BCUT2D eigenvalue weighted by Crippen LogP contribution is -2.13. The first-order valence-corrected chi connectivity index (χ1v) is 4.69. The Kier molecular flexibility index (Phi) is 2.13. The number of hydrogen-bond acceptors (Lipinski definition) is 0. The summed E-state index contributed by atoms with van der Waals surface area (Å²) in [6.07, 6.45) is 2.65. The summed E-state index contributed by atoms with van der Waals surface area (Å²) in [5, 5.41) is 0. The Bertz CT molecular complexity index is 188. The lowest BCUT2D eigenvalue weighted by molar-refractivity contribution is 0.348. The van der Waals surface area contributed by atoms with Crippen LogP contribution in [0, 0.1) is 11.3 Å². The molecule has 2 unspecified atom stereocenters. The number of rotatable bonds is 1. The summed E-state index contributed by atoms with van der Waals surface area (Å²) in [6, 6.07) is 0. The van der Waals surface area contributed by atoms with Gasteiger partial charge in [-0.3, -0.25) is 0 Å². The van der Waals surface area contributed by atoms with Gasteiger partial charge in [0, 0.05) is 0 Å². The van der Waals surface area contributed by atoms with E-state index in [4.69, 9.17) is 0 Å². The Hall–Kier alpha value is -0.260. The predicted octanol–water partition coefficient (Wildman–Crippen LogP) is 3.78. The third-order valence-electron chi connectivity index (χ3n) is 3.77. The second kappa shape index (κ2) is 2.66. The summed E-state index contributed by atoms with van der Waals surface area (Å²) in [4.78, 5) is 0. The second-order valence-electron chi connectivity index (χ2n) is 4.33. The SMILES string of the molecule is CCC1(C)CC(C)C(C)=C1C. The van der Waals surface area contributed by atoms with Gasteiger partial charge in [-0.1, -0.05) is 31.9 Å². The monoisotopic (exact) mass is 152 g/mol. The minimum absolute atomic E-state index is 0.517.